The second kappa shape index (κ2) is 8.43. The first kappa shape index (κ1) is 18.7. The molecule has 2 N–H and O–H groups in total. The molecule has 1 heterocycles. The molecule has 0 atom stereocenters. The van der Waals surface area contributed by atoms with Gasteiger partial charge in [0.25, 0.3) is 11.8 Å². The van der Waals surface area contributed by atoms with E-state index in [1.807, 2.05) is 0 Å². The standard InChI is InChI=1S/C12H11O4P.C4H5NO3/c13-17(14,15-11-7-3-1-4-8-11)16-12-9-5-2-6-10-12;6-3-1-2-4(7)5(3)8/h1-10H,(H,13,14);8H,1-2H2. The van der Waals surface area contributed by atoms with Crippen molar-refractivity contribution < 1.29 is 33.3 Å². The molecule has 9 heteroatoms. The molecule has 0 unspecified atom stereocenters. The van der Waals surface area contributed by atoms with Crippen molar-refractivity contribution in [3.05, 3.63) is 60.7 Å². The first-order chi connectivity index (χ1) is 11.9. The molecule has 0 spiro atoms. The maximum absolute atomic E-state index is 11.7. The Morgan fingerprint density at radius 3 is 1.44 bits per heavy atom. The number of hydrogen-bond donors (Lipinski definition) is 2. The maximum Gasteiger partial charge on any atom is 0.584 e. The van der Waals surface area contributed by atoms with Gasteiger partial charge in [0.05, 0.1) is 0 Å². The highest BCUT2D eigenvalue weighted by Gasteiger charge is 2.27. The average Bonchev–Trinajstić information content (AvgIpc) is 2.87. The van der Waals surface area contributed by atoms with E-state index in [9.17, 15) is 19.0 Å². The molecule has 25 heavy (non-hydrogen) atoms. The summed E-state index contributed by atoms with van der Waals surface area (Å²) in [6.45, 7) is 0. The van der Waals surface area contributed by atoms with Gasteiger partial charge in [-0.2, -0.15) is 5.06 Å². The van der Waals surface area contributed by atoms with E-state index >= 15 is 0 Å². The summed E-state index contributed by atoms with van der Waals surface area (Å²) in [5.41, 5.74) is 0. The second-order valence-corrected chi connectivity index (χ2v) is 6.18. The van der Waals surface area contributed by atoms with E-state index in [4.69, 9.17) is 14.3 Å². The first-order valence-corrected chi connectivity index (χ1v) is 8.74. The lowest BCUT2D eigenvalue weighted by Crippen LogP contribution is -2.24. The van der Waals surface area contributed by atoms with Gasteiger partial charge in [-0.25, -0.2) is 4.57 Å². The third-order valence-corrected chi connectivity index (χ3v) is 3.84. The Balaban J connectivity index is 0.000000236. The van der Waals surface area contributed by atoms with Crippen LogP contribution in [0, 0.1) is 0 Å². The van der Waals surface area contributed by atoms with Crippen LogP contribution < -0.4 is 9.05 Å². The summed E-state index contributed by atoms with van der Waals surface area (Å²) >= 11 is 0. The van der Waals surface area contributed by atoms with Gasteiger partial charge in [0.15, 0.2) is 0 Å². The van der Waals surface area contributed by atoms with Crippen molar-refractivity contribution in [3.63, 3.8) is 0 Å². The number of rotatable bonds is 4. The van der Waals surface area contributed by atoms with E-state index in [0.29, 0.717) is 0 Å². The zero-order chi connectivity index (χ0) is 18.3. The monoisotopic (exact) mass is 365 g/mol. The Morgan fingerprint density at radius 2 is 1.16 bits per heavy atom. The van der Waals surface area contributed by atoms with E-state index in [-0.39, 0.29) is 29.4 Å². The zero-order valence-corrected chi connectivity index (χ0v) is 13.9. The molecule has 1 saturated heterocycles. The summed E-state index contributed by atoms with van der Waals surface area (Å²) in [4.78, 5) is 30.0. The average molecular weight is 365 g/mol. The minimum absolute atomic E-state index is 0.148. The predicted octanol–water partition coefficient (Wildman–Crippen LogP) is 2.77. The highest BCUT2D eigenvalue weighted by atomic mass is 31.2. The van der Waals surface area contributed by atoms with Crippen LogP contribution in [0.25, 0.3) is 0 Å². The number of imide groups is 1. The molecule has 0 aromatic heterocycles. The fourth-order valence-electron chi connectivity index (χ4n) is 1.81. The number of hydrogen-bond acceptors (Lipinski definition) is 6. The van der Waals surface area contributed by atoms with Crippen molar-refractivity contribution in [1.29, 1.82) is 0 Å². The summed E-state index contributed by atoms with van der Waals surface area (Å²) < 4.78 is 21.5. The summed E-state index contributed by atoms with van der Waals surface area (Å²) in [6.07, 6.45) is 0.296. The van der Waals surface area contributed by atoms with Crippen LogP contribution >= 0.6 is 7.82 Å². The fourth-order valence-corrected chi connectivity index (χ4v) is 2.63. The van der Waals surface area contributed by atoms with E-state index in [1.54, 1.807) is 60.7 Å². The Morgan fingerprint density at radius 1 is 0.800 bits per heavy atom. The fraction of sp³-hybridized carbons (Fsp3) is 0.125. The quantitative estimate of drug-likeness (QED) is 0.486. The Labute approximate surface area is 143 Å². The van der Waals surface area contributed by atoms with Crippen LogP contribution in [0.2, 0.25) is 0 Å². The summed E-state index contributed by atoms with van der Waals surface area (Å²) in [5, 5.41) is 8.57. The van der Waals surface area contributed by atoms with E-state index in [1.165, 1.54) is 0 Å². The SMILES string of the molecule is O=C1CCC(=O)N1O.O=P(O)(Oc1ccccc1)Oc1ccccc1. The lowest BCUT2D eigenvalue weighted by molar-refractivity contribution is -0.171. The summed E-state index contributed by atoms with van der Waals surface area (Å²) in [5.74, 6) is -0.437. The van der Waals surface area contributed by atoms with Gasteiger partial charge in [-0.1, -0.05) is 36.4 Å². The van der Waals surface area contributed by atoms with Crippen molar-refractivity contribution in [1.82, 2.24) is 5.06 Å². The van der Waals surface area contributed by atoms with Gasteiger partial charge in [-0.05, 0) is 24.3 Å². The minimum Gasteiger partial charge on any atom is -0.395 e. The number of carbonyl (C=O) groups is 2. The van der Waals surface area contributed by atoms with E-state index in [2.05, 4.69) is 0 Å². The van der Waals surface area contributed by atoms with E-state index in [0.717, 1.165) is 0 Å². The smallest absolute Gasteiger partial charge is 0.395 e. The van der Waals surface area contributed by atoms with Crippen LogP contribution in [0.4, 0.5) is 0 Å². The molecule has 2 aromatic carbocycles. The molecular weight excluding hydrogens is 349 g/mol. The van der Waals surface area contributed by atoms with Gasteiger partial charge in [-0.15, -0.1) is 0 Å². The molecule has 8 nitrogen and oxygen atoms in total. The zero-order valence-electron chi connectivity index (χ0n) is 13.0. The Hall–Kier alpha value is -2.67. The van der Waals surface area contributed by atoms with Crippen LogP contribution in [0.1, 0.15) is 12.8 Å². The topological polar surface area (TPSA) is 113 Å². The number of para-hydroxylation sites is 2. The maximum atomic E-state index is 11.7. The second-order valence-electron chi connectivity index (χ2n) is 4.88. The molecule has 3 rings (SSSR count). The molecular formula is C16H16NO7P. The number of carbonyl (C=O) groups excluding carboxylic acids is 2. The molecule has 0 radical (unpaired) electrons. The molecule has 2 amide bonds. The van der Waals surface area contributed by atoms with Crippen molar-refractivity contribution in [2.24, 2.45) is 0 Å². The largest absolute Gasteiger partial charge is 0.584 e. The molecule has 0 bridgehead atoms. The number of phosphoric acid groups is 1. The van der Waals surface area contributed by atoms with Crippen molar-refractivity contribution in [2.45, 2.75) is 12.8 Å². The van der Waals surface area contributed by atoms with Crippen LogP contribution in [-0.2, 0) is 14.2 Å². The van der Waals surface area contributed by atoms with Gasteiger partial charge in [0, 0.05) is 12.8 Å². The molecule has 0 aliphatic carbocycles. The summed E-state index contributed by atoms with van der Waals surface area (Å²) in [6, 6.07) is 16.7. The highest BCUT2D eigenvalue weighted by Crippen LogP contribution is 2.44. The number of amides is 2. The molecule has 1 aliphatic rings. The Kier molecular flexibility index (Phi) is 6.30. The van der Waals surface area contributed by atoms with Gasteiger partial charge in [-0.3, -0.25) is 19.7 Å². The lowest BCUT2D eigenvalue weighted by atomic mass is 10.3. The van der Waals surface area contributed by atoms with E-state index < -0.39 is 19.6 Å². The molecule has 1 fully saturated rings. The van der Waals surface area contributed by atoms with Crippen LogP contribution in [0.3, 0.4) is 0 Å². The number of hydroxylamine groups is 2. The predicted molar refractivity (Wildman–Crippen MR) is 86.8 cm³/mol. The third-order valence-electron chi connectivity index (χ3n) is 2.95. The van der Waals surface area contributed by atoms with Crippen molar-refractivity contribution >= 4 is 19.6 Å². The van der Waals surface area contributed by atoms with Crippen LogP contribution in [0.15, 0.2) is 60.7 Å². The molecule has 132 valence electrons. The third kappa shape index (κ3) is 6.04. The van der Waals surface area contributed by atoms with Gasteiger partial charge in [0.1, 0.15) is 11.5 Å². The molecule has 1 aliphatic heterocycles. The van der Waals surface area contributed by atoms with Crippen molar-refractivity contribution in [2.75, 3.05) is 0 Å². The van der Waals surface area contributed by atoms with Gasteiger partial charge in [0.2, 0.25) is 0 Å². The molecule has 0 saturated carbocycles. The van der Waals surface area contributed by atoms with Crippen LogP contribution in [-0.4, -0.2) is 27.0 Å². The number of phosphoric ester groups is 1. The first-order valence-electron chi connectivity index (χ1n) is 7.24. The van der Waals surface area contributed by atoms with Gasteiger partial charge < -0.3 is 9.05 Å². The normalized spacial score (nSPS) is 13.9. The number of nitrogens with zero attached hydrogens (tertiary/aromatic N) is 1. The number of benzene rings is 2. The lowest BCUT2D eigenvalue weighted by Gasteiger charge is -2.13. The highest BCUT2D eigenvalue weighted by molar-refractivity contribution is 7.48. The summed E-state index contributed by atoms with van der Waals surface area (Å²) in [7, 11) is -4.14. The van der Waals surface area contributed by atoms with Crippen molar-refractivity contribution in [3.8, 4) is 11.5 Å². The minimum atomic E-state index is -4.14. The van der Waals surface area contributed by atoms with Crippen LogP contribution in [0.5, 0.6) is 11.5 Å². The van der Waals surface area contributed by atoms with Gasteiger partial charge >= 0.3 is 7.82 Å². The Bertz CT molecular complexity index is 705. The molecule has 2 aromatic rings.